The zero-order valence-electron chi connectivity index (χ0n) is 17.3. The number of piperidine rings is 1. The second-order valence-corrected chi connectivity index (χ2v) is 5.66. The van der Waals surface area contributed by atoms with E-state index in [0.717, 1.165) is 19.3 Å². The van der Waals surface area contributed by atoms with Crippen LogP contribution in [0.5, 0.6) is 5.75 Å². The molecule has 0 spiro atoms. The fourth-order valence-corrected chi connectivity index (χ4v) is 3.09. The predicted molar refractivity (Wildman–Crippen MR) is 89.6 cm³/mol. The number of nitrogens with zero attached hydrogens (tertiary/aromatic N) is 3. The van der Waals surface area contributed by atoms with Crippen LogP contribution in [0.1, 0.15) is 47.9 Å². The van der Waals surface area contributed by atoms with Crippen molar-refractivity contribution in [2.75, 3.05) is 24.5 Å². The summed E-state index contributed by atoms with van der Waals surface area (Å²) >= 11 is 0. The summed E-state index contributed by atoms with van der Waals surface area (Å²) in [7, 11) is 1.61. The molecule has 1 aromatic carbocycles. The second-order valence-electron chi connectivity index (χ2n) is 5.66. The third-order valence-electron chi connectivity index (χ3n) is 4.25. The van der Waals surface area contributed by atoms with Gasteiger partial charge in [-0.2, -0.15) is 0 Å². The Kier molecular flexibility index (Phi) is 3.00. The van der Waals surface area contributed by atoms with Crippen molar-refractivity contribution in [2.24, 2.45) is 7.05 Å². The average Bonchev–Trinajstić information content (AvgIpc) is 2.91. The summed E-state index contributed by atoms with van der Waals surface area (Å²) in [6.45, 7) is -0.871. The lowest BCUT2D eigenvalue weighted by Crippen LogP contribution is -2.31. The first-order chi connectivity index (χ1) is 12.6. The van der Waals surface area contributed by atoms with Gasteiger partial charge in [-0.05, 0) is 39.1 Å². The molecule has 0 unspecified atom stereocenters. The molecule has 23 heavy (non-hydrogen) atoms. The third kappa shape index (κ3) is 2.62. The smallest absolute Gasteiger partial charge is 0.338 e. The quantitative estimate of drug-likeness (QED) is 0.937. The van der Waals surface area contributed by atoms with Gasteiger partial charge in [0.05, 0.1) is 26.1 Å². The summed E-state index contributed by atoms with van der Waals surface area (Å²) in [4.78, 5) is 18.2. The molecule has 1 saturated heterocycles. The normalized spacial score (nSPS) is 18.5. The summed E-state index contributed by atoms with van der Waals surface area (Å²) in [5.41, 5.74) is 0.988. The van der Waals surface area contributed by atoms with Crippen LogP contribution < -0.4 is 9.64 Å². The topological polar surface area (TPSA) is 67.6 Å². The van der Waals surface area contributed by atoms with Gasteiger partial charge in [0.2, 0.25) is 0 Å². The second kappa shape index (κ2) is 6.10. The molecule has 0 bridgehead atoms. The van der Waals surface area contributed by atoms with E-state index in [2.05, 4.69) is 4.98 Å². The molecule has 1 N–H and O–H groups in total. The first-order valence-electron chi connectivity index (χ1n) is 9.80. The molecule has 6 heteroatoms. The highest BCUT2D eigenvalue weighted by Crippen LogP contribution is 2.40. The van der Waals surface area contributed by atoms with Crippen molar-refractivity contribution in [3.05, 3.63) is 17.5 Å². The lowest BCUT2D eigenvalue weighted by molar-refractivity contribution is 0.0697. The van der Waals surface area contributed by atoms with E-state index in [0.29, 0.717) is 24.3 Å². The molecule has 3 rings (SSSR count). The molecule has 0 aliphatic carbocycles. The highest BCUT2D eigenvalue weighted by molar-refractivity contribution is 6.03. The van der Waals surface area contributed by atoms with Crippen LogP contribution in [-0.2, 0) is 7.05 Å². The fourth-order valence-electron chi connectivity index (χ4n) is 3.09. The Hall–Kier alpha value is -2.24. The summed E-state index contributed by atoms with van der Waals surface area (Å²) in [6.07, 6.45) is 2.87. The number of carboxylic acid groups (broad SMARTS) is 1. The molecule has 0 atom stereocenters. The minimum Gasteiger partial charge on any atom is -0.489 e. The van der Waals surface area contributed by atoms with E-state index >= 15 is 0 Å². The van der Waals surface area contributed by atoms with E-state index in [-0.39, 0.29) is 22.7 Å². The van der Waals surface area contributed by atoms with Crippen molar-refractivity contribution < 1.29 is 20.1 Å². The number of anilines is 1. The Labute approximate surface area is 141 Å². The first kappa shape index (κ1) is 11.3. The monoisotopic (exact) mass is 321 g/mol. The van der Waals surface area contributed by atoms with Crippen molar-refractivity contribution in [3.63, 3.8) is 0 Å². The highest BCUT2D eigenvalue weighted by atomic mass is 16.5. The minimum atomic E-state index is -2.05. The molecule has 1 aliphatic rings. The Bertz CT molecular complexity index is 871. The number of fused-ring (bicyclic) bond motifs is 1. The van der Waals surface area contributed by atoms with Gasteiger partial charge in [-0.15, -0.1) is 0 Å². The molecular weight excluding hydrogens is 294 g/mol. The largest absolute Gasteiger partial charge is 0.489 e. The van der Waals surface area contributed by atoms with E-state index in [4.69, 9.17) is 10.2 Å². The molecule has 124 valence electrons. The molecule has 1 aromatic heterocycles. The third-order valence-corrected chi connectivity index (χ3v) is 4.25. The molecule has 0 radical (unpaired) electrons. The van der Waals surface area contributed by atoms with Crippen molar-refractivity contribution in [3.8, 4) is 5.75 Å². The molecule has 6 nitrogen and oxygen atoms in total. The molecule has 2 aromatic rings. The SMILES string of the molecule is [2H]C([2H])c1nc2c(OC([2H])([2H])C)c(N3CCCCC3)c(C(=O)O)cc2n1C. The van der Waals surface area contributed by atoms with Crippen molar-refractivity contribution in [2.45, 2.75) is 33.1 Å². The zero-order chi connectivity index (χ0) is 19.9. The number of ether oxygens (including phenoxy) is 1. The lowest BCUT2D eigenvalue weighted by Gasteiger charge is -2.31. The summed E-state index contributed by atoms with van der Waals surface area (Å²) in [6, 6.07) is 1.47. The highest BCUT2D eigenvalue weighted by Gasteiger charge is 2.27. The van der Waals surface area contributed by atoms with Gasteiger partial charge in [-0.25, -0.2) is 9.78 Å². The van der Waals surface area contributed by atoms with Crippen molar-refractivity contribution in [1.29, 1.82) is 0 Å². The van der Waals surface area contributed by atoms with Gasteiger partial charge in [0.25, 0.3) is 0 Å². The number of aromatic nitrogens is 2. The van der Waals surface area contributed by atoms with Gasteiger partial charge in [0.1, 0.15) is 11.3 Å². The Morgan fingerprint density at radius 1 is 1.48 bits per heavy atom. The zero-order valence-corrected chi connectivity index (χ0v) is 13.3. The number of aromatic carboxylic acids is 1. The van der Waals surface area contributed by atoms with E-state index in [1.54, 1.807) is 7.05 Å². The first-order valence-corrected chi connectivity index (χ1v) is 7.65. The molecule has 1 aliphatic heterocycles. The average molecular weight is 321 g/mol. The van der Waals surface area contributed by atoms with Crippen molar-refractivity contribution >= 4 is 22.7 Å². The predicted octanol–water partition coefficient (Wildman–Crippen LogP) is 2.97. The minimum absolute atomic E-state index is 0.00436. The summed E-state index contributed by atoms with van der Waals surface area (Å²) in [5.74, 6) is -0.949. The van der Waals surface area contributed by atoms with Crippen LogP contribution in [0.25, 0.3) is 11.0 Å². The lowest BCUT2D eigenvalue weighted by atomic mass is 10.0. The maximum atomic E-state index is 12.0. The number of rotatable bonds is 4. The Balaban J connectivity index is 2.35. The number of hydrogen-bond donors (Lipinski definition) is 1. The maximum absolute atomic E-state index is 12.0. The number of imidazole rings is 1. The fraction of sp³-hybridized carbons (Fsp3) is 0.529. The van der Waals surface area contributed by atoms with Crippen LogP contribution in [0.15, 0.2) is 6.07 Å². The Morgan fingerprint density at radius 2 is 2.22 bits per heavy atom. The molecule has 0 amide bonds. The van der Waals surface area contributed by atoms with Gasteiger partial charge < -0.3 is 19.3 Å². The molecule has 0 saturated carbocycles. The van der Waals surface area contributed by atoms with Gasteiger partial charge in [-0.1, -0.05) is 0 Å². The Morgan fingerprint density at radius 3 is 2.83 bits per heavy atom. The van der Waals surface area contributed by atoms with E-state index in [9.17, 15) is 9.90 Å². The molecule has 2 heterocycles. The number of aryl methyl sites for hydroxylation is 2. The van der Waals surface area contributed by atoms with E-state index in [1.165, 1.54) is 17.6 Å². The van der Waals surface area contributed by atoms with Crippen LogP contribution in [0.4, 0.5) is 5.69 Å². The number of benzene rings is 1. The van der Waals surface area contributed by atoms with Gasteiger partial charge in [0.15, 0.2) is 5.75 Å². The van der Waals surface area contributed by atoms with E-state index in [1.807, 2.05) is 4.90 Å². The number of carboxylic acids is 1. The van der Waals surface area contributed by atoms with Gasteiger partial charge in [-0.3, -0.25) is 0 Å². The maximum Gasteiger partial charge on any atom is 0.338 e. The summed E-state index contributed by atoms with van der Waals surface area (Å²) in [5, 5.41) is 9.81. The van der Waals surface area contributed by atoms with Crippen LogP contribution in [0, 0.1) is 6.88 Å². The number of carbonyl (C=O) groups is 1. The molecular formula is C17H23N3O3. The van der Waals surface area contributed by atoms with Gasteiger partial charge in [0, 0.05) is 22.9 Å². The molecule has 1 fully saturated rings. The summed E-state index contributed by atoms with van der Waals surface area (Å²) < 4.78 is 38.1. The van der Waals surface area contributed by atoms with Crippen LogP contribution in [-0.4, -0.2) is 40.3 Å². The van der Waals surface area contributed by atoms with Crippen LogP contribution in [0.2, 0.25) is 0 Å². The van der Waals surface area contributed by atoms with Crippen molar-refractivity contribution in [1.82, 2.24) is 9.55 Å². The van der Waals surface area contributed by atoms with Crippen LogP contribution >= 0.6 is 0 Å². The van der Waals surface area contributed by atoms with Gasteiger partial charge >= 0.3 is 5.97 Å². The van der Waals surface area contributed by atoms with Crippen LogP contribution in [0.3, 0.4) is 0 Å². The number of hydrogen-bond acceptors (Lipinski definition) is 4. The standard InChI is InChI=1S/C17H23N3O3/c1-4-23-16-14-13(19(3)11(2)18-14)10-12(17(21)22)15(16)20-8-6-5-7-9-20/h10H,4-9H2,1-3H3,(H,21,22)/i2D2,4D2. The van der Waals surface area contributed by atoms with E-state index < -0.39 is 19.4 Å².